The van der Waals surface area contributed by atoms with Crippen LogP contribution in [0, 0.1) is 13.8 Å². The fraction of sp³-hybridized carbons (Fsp3) is 0.150. The quantitative estimate of drug-likeness (QED) is 0.565. The van der Waals surface area contributed by atoms with Gasteiger partial charge in [0.2, 0.25) is 0 Å². The standard InChI is InChI=1S/C20H16ClN3O2S/c1-11-6-15-16(7-12(11)2)24-18(25)9-17(27-20(24)23-15)19(26)22-10-13-4-3-5-14(21)8-13/h3-9H,10H2,1-2H3,(H,22,26). The van der Waals surface area contributed by atoms with Crippen molar-refractivity contribution in [3.05, 3.63) is 79.4 Å². The molecule has 27 heavy (non-hydrogen) atoms. The number of hydrogen-bond donors (Lipinski definition) is 1. The molecule has 2 heterocycles. The van der Waals surface area contributed by atoms with Crippen LogP contribution in [0.1, 0.15) is 26.4 Å². The Kier molecular flexibility index (Phi) is 4.45. The van der Waals surface area contributed by atoms with Crippen molar-refractivity contribution in [3.8, 4) is 0 Å². The van der Waals surface area contributed by atoms with Gasteiger partial charge in [-0.05, 0) is 54.8 Å². The van der Waals surface area contributed by atoms with Crippen molar-refractivity contribution in [1.82, 2.24) is 14.7 Å². The van der Waals surface area contributed by atoms with E-state index < -0.39 is 0 Å². The van der Waals surface area contributed by atoms with Gasteiger partial charge in [-0.1, -0.05) is 35.1 Å². The van der Waals surface area contributed by atoms with Crippen molar-refractivity contribution in [1.29, 1.82) is 0 Å². The van der Waals surface area contributed by atoms with Crippen LogP contribution in [0.25, 0.3) is 16.0 Å². The second kappa shape index (κ2) is 6.79. The van der Waals surface area contributed by atoms with Crippen LogP contribution in [0.2, 0.25) is 5.02 Å². The molecule has 2 aromatic carbocycles. The highest BCUT2D eigenvalue weighted by Gasteiger charge is 2.14. The first-order valence-corrected chi connectivity index (χ1v) is 9.58. The molecule has 0 atom stereocenters. The van der Waals surface area contributed by atoms with Gasteiger partial charge in [-0.3, -0.25) is 14.0 Å². The van der Waals surface area contributed by atoms with Crippen molar-refractivity contribution in [2.75, 3.05) is 0 Å². The van der Waals surface area contributed by atoms with Crippen molar-refractivity contribution in [3.63, 3.8) is 0 Å². The molecule has 0 bridgehead atoms. The number of nitrogens with zero attached hydrogens (tertiary/aromatic N) is 2. The lowest BCUT2D eigenvalue weighted by molar-refractivity contribution is 0.0954. The van der Waals surface area contributed by atoms with E-state index in [0.717, 1.165) is 27.7 Å². The molecule has 1 amide bonds. The number of carbonyl (C=O) groups excluding carboxylic acids is 1. The highest BCUT2D eigenvalue weighted by atomic mass is 35.5. The zero-order chi connectivity index (χ0) is 19.1. The van der Waals surface area contributed by atoms with Gasteiger partial charge in [-0.15, -0.1) is 0 Å². The molecule has 136 valence electrons. The summed E-state index contributed by atoms with van der Waals surface area (Å²) in [6.45, 7) is 4.34. The molecule has 4 rings (SSSR count). The molecule has 2 aromatic heterocycles. The van der Waals surface area contributed by atoms with Crippen LogP contribution in [0.4, 0.5) is 0 Å². The third kappa shape index (κ3) is 3.34. The van der Waals surface area contributed by atoms with Crippen molar-refractivity contribution in [2.45, 2.75) is 20.4 Å². The molecule has 0 saturated heterocycles. The number of aromatic nitrogens is 2. The summed E-state index contributed by atoms with van der Waals surface area (Å²) in [6.07, 6.45) is 0. The van der Waals surface area contributed by atoms with E-state index in [4.69, 9.17) is 11.6 Å². The summed E-state index contributed by atoms with van der Waals surface area (Å²) in [5.41, 5.74) is 4.35. The SMILES string of the molecule is Cc1cc2nc3sc(C(=O)NCc4cccc(Cl)c4)cc(=O)n3c2cc1C. The number of amides is 1. The highest BCUT2D eigenvalue weighted by molar-refractivity contribution is 7.18. The lowest BCUT2D eigenvalue weighted by atomic mass is 10.1. The lowest BCUT2D eigenvalue weighted by Crippen LogP contribution is -2.24. The van der Waals surface area contributed by atoms with E-state index in [2.05, 4.69) is 10.3 Å². The smallest absolute Gasteiger partial charge is 0.261 e. The van der Waals surface area contributed by atoms with Crippen LogP contribution in [0.15, 0.2) is 47.3 Å². The van der Waals surface area contributed by atoms with Gasteiger partial charge in [-0.2, -0.15) is 0 Å². The molecular formula is C20H16ClN3O2S. The zero-order valence-electron chi connectivity index (χ0n) is 14.7. The van der Waals surface area contributed by atoms with Crippen LogP contribution in [-0.4, -0.2) is 15.3 Å². The minimum atomic E-state index is -0.306. The number of halogens is 1. The summed E-state index contributed by atoms with van der Waals surface area (Å²) in [7, 11) is 0. The maximum absolute atomic E-state index is 12.6. The minimum absolute atomic E-state index is 0.262. The Hall–Kier alpha value is -2.70. The van der Waals surface area contributed by atoms with Crippen LogP contribution < -0.4 is 10.9 Å². The number of fused-ring (bicyclic) bond motifs is 3. The predicted octanol–water partition coefficient (Wildman–Crippen LogP) is 4.11. The van der Waals surface area contributed by atoms with Crippen LogP contribution in [0.5, 0.6) is 0 Å². The first-order valence-electron chi connectivity index (χ1n) is 8.38. The summed E-state index contributed by atoms with van der Waals surface area (Å²) in [4.78, 5) is 30.5. The van der Waals surface area contributed by atoms with Crippen molar-refractivity contribution in [2.24, 2.45) is 0 Å². The molecule has 0 unspecified atom stereocenters. The maximum atomic E-state index is 12.6. The van der Waals surface area contributed by atoms with E-state index in [0.29, 0.717) is 21.4 Å². The normalized spacial score (nSPS) is 11.2. The molecule has 5 nitrogen and oxygen atoms in total. The van der Waals surface area contributed by atoms with Crippen molar-refractivity contribution < 1.29 is 4.79 Å². The number of aryl methyl sites for hydroxylation is 2. The third-order valence-corrected chi connectivity index (χ3v) is 5.70. The molecule has 0 aliphatic carbocycles. The van der Waals surface area contributed by atoms with E-state index in [9.17, 15) is 9.59 Å². The number of benzene rings is 2. The summed E-state index contributed by atoms with van der Waals surface area (Å²) >= 11 is 7.16. The maximum Gasteiger partial charge on any atom is 0.261 e. The molecule has 0 aliphatic heterocycles. The number of carbonyl (C=O) groups is 1. The third-order valence-electron chi connectivity index (χ3n) is 4.48. The Bertz CT molecular complexity index is 1260. The fourth-order valence-electron chi connectivity index (χ4n) is 2.92. The van der Waals surface area contributed by atoms with E-state index in [-0.39, 0.29) is 11.5 Å². The molecule has 0 fully saturated rings. The summed E-state index contributed by atoms with van der Waals surface area (Å²) < 4.78 is 1.56. The molecule has 1 N–H and O–H groups in total. The van der Waals surface area contributed by atoms with E-state index in [1.54, 1.807) is 16.5 Å². The van der Waals surface area contributed by atoms with Gasteiger partial charge in [0.05, 0.1) is 11.0 Å². The van der Waals surface area contributed by atoms with E-state index in [1.165, 1.54) is 17.4 Å². The van der Waals surface area contributed by atoms with Crippen LogP contribution in [-0.2, 0) is 6.54 Å². The Balaban J connectivity index is 1.69. The summed E-state index contributed by atoms with van der Waals surface area (Å²) in [5, 5.41) is 3.44. The molecule has 0 saturated carbocycles. The van der Waals surface area contributed by atoms with Crippen LogP contribution >= 0.6 is 22.9 Å². The predicted molar refractivity (Wildman–Crippen MR) is 109 cm³/mol. The second-order valence-corrected chi connectivity index (χ2v) is 7.86. The number of rotatable bonds is 3. The number of nitrogens with one attached hydrogen (secondary N) is 1. The minimum Gasteiger partial charge on any atom is -0.347 e. The average molecular weight is 398 g/mol. The molecule has 7 heteroatoms. The monoisotopic (exact) mass is 397 g/mol. The van der Waals surface area contributed by atoms with Gasteiger partial charge >= 0.3 is 0 Å². The largest absolute Gasteiger partial charge is 0.347 e. The lowest BCUT2D eigenvalue weighted by Gasteiger charge is -2.05. The number of imidazole rings is 1. The Labute approximate surface area is 164 Å². The Morgan fingerprint density at radius 1 is 1.19 bits per heavy atom. The van der Waals surface area contributed by atoms with Crippen LogP contribution in [0.3, 0.4) is 0 Å². The topological polar surface area (TPSA) is 63.5 Å². The Morgan fingerprint density at radius 2 is 1.96 bits per heavy atom. The van der Waals surface area contributed by atoms with Gasteiger partial charge in [0, 0.05) is 17.6 Å². The van der Waals surface area contributed by atoms with E-state index >= 15 is 0 Å². The van der Waals surface area contributed by atoms with E-state index in [1.807, 2.05) is 38.1 Å². The van der Waals surface area contributed by atoms with Gasteiger partial charge in [0.1, 0.15) is 4.88 Å². The molecular weight excluding hydrogens is 382 g/mol. The summed E-state index contributed by atoms with van der Waals surface area (Å²) in [6, 6.07) is 12.6. The van der Waals surface area contributed by atoms with Crippen molar-refractivity contribution >= 4 is 44.8 Å². The number of hydrogen-bond acceptors (Lipinski definition) is 4. The highest BCUT2D eigenvalue weighted by Crippen LogP contribution is 2.22. The molecule has 4 aromatic rings. The average Bonchev–Trinajstić information content (AvgIpc) is 2.97. The molecule has 0 spiro atoms. The first-order chi connectivity index (χ1) is 12.9. The fourth-order valence-corrected chi connectivity index (χ4v) is 4.08. The molecule has 0 aliphatic rings. The second-order valence-electron chi connectivity index (χ2n) is 6.42. The zero-order valence-corrected chi connectivity index (χ0v) is 16.3. The summed E-state index contributed by atoms with van der Waals surface area (Å²) in [5.74, 6) is -0.306. The first kappa shape index (κ1) is 17.7. The van der Waals surface area contributed by atoms with Gasteiger partial charge in [-0.25, -0.2) is 4.98 Å². The molecule has 0 radical (unpaired) electrons. The Morgan fingerprint density at radius 3 is 2.74 bits per heavy atom. The van der Waals surface area contributed by atoms with Gasteiger partial charge in [0.15, 0.2) is 4.96 Å². The van der Waals surface area contributed by atoms with Gasteiger partial charge in [0.25, 0.3) is 11.5 Å². The van der Waals surface area contributed by atoms with Gasteiger partial charge < -0.3 is 5.32 Å².